The molecule has 0 aromatic carbocycles. The molecule has 4 nitrogen and oxygen atoms in total. The number of aryl methyl sites for hydroxylation is 1. The Morgan fingerprint density at radius 2 is 2.00 bits per heavy atom. The van der Waals surface area contributed by atoms with Crippen LogP contribution >= 0.6 is 0 Å². The number of amides is 1. The molecular formula is C17H26N2O2. The second-order valence-corrected chi connectivity index (χ2v) is 6.31. The third-order valence-electron chi connectivity index (χ3n) is 4.65. The Balaban J connectivity index is 1.86. The van der Waals surface area contributed by atoms with Crippen molar-refractivity contribution >= 4 is 5.91 Å². The van der Waals surface area contributed by atoms with Gasteiger partial charge in [0.15, 0.2) is 0 Å². The lowest BCUT2D eigenvalue weighted by atomic mass is 9.76. The largest absolute Gasteiger partial charge is 0.394 e. The summed E-state index contributed by atoms with van der Waals surface area (Å²) < 4.78 is 0. The van der Waals surface area contributed by atoms with Crippen molar-refractivity contribution in [3.8, 4) is 0 Å². The lowest BCUT2D eigenvalue weighted by Crippen LogP contribution is -2.54. The van der Waals surface area contributed by atoms with Crippen LogP contribution in [0.4, 0.5) is 0 Å². The van der Waals surface area contributed by atoms with E-state index in [1.807, 2.05) is 19.1 Å². The number of nitrogens with zero attached hydrogens (tertiary/aromatic N) is 1. The molecule has 1 aromatic rings. The minimum absolute atomic E-state index is 0.0126. The first-order valence-electron chi connectivity index (χ1n) is 7.95. The fourth-order valence-corrected chi connectivity index (χ4v) is 3.20. The van der Waals surface area contributed by atoms with E-state index < -0.39 is 5.54 Å². The predicted octanol–water partition coefficient (Wildman–Crippen LogP) is 2.46. The van der Waals surface area contributed by atoms with Crippen LogP contribution in [0.15, 0.2) is 24.5 Å². The third kappa shape index (κ3) is 4.53. The normalized spacial score (nSPS) is 19.0. The van der Waals surface area contributed by atoms with Crippen LogP contribution in [0.5, 0.6) is 0 Å². The summed E-state index contributed by atoms with van der Waals surface area (Å²) in [4.78, 5) is 16.2. The maximum Gasteiger partial charge on any atom is 0.220 e. The summed E-state index contributed by atoms with van der Waals surface area (Å²) in [6, 6.07) is 3.86. The van der Waals surface area contributed by atoms with Gasteiger partial charge in [-0.25, -0.2) is 0 Å². The highest BCUT2D eigenvalue weighted by atomic mass is 16.3. The number of carbonyl (C=O) groups is 1. The van der Waals surface area contributed by atoms with Crippen LogP contribution in [0.1, 0.15) is 51.0 Å². The molecular weight excluding hydrogens is 264 g/mol. The van der Waals surface area contributed by atoms with E-state index in [4.69, 9.17) is 0 Å². The Bertz CT molecular complexity index is 443. The van der Waals surface area contributed by atoms with E-state index >= 15 is 0 Å². The maximum atomic E-state index is 12.2. The fraction of sp³-hybridized carbons (Fsp3) is 0.647. The molecule has 0 radical (unpaired) electrons. The van der Waals surface area contributed by atoms with Gasteiger partial charge in [0.25, 0.3) is 0 Å². The van der Waals surface area contributed by atoms with Gasteiger partial charge in [0, 0.05) is 18.8 Å². The van der Waals surface area contributed by atoms with Crippen LogP contribution in [-0.4, -0.2) is 28.1 Å². The van der Waals surface area contributed by atoms with E-state index in [9.17, 15) is 9.90 Å². The van der Waals surface area contributed by atoms with Crippen molar-refractivity contribution in [1.29, 1.82) is 0 Å². The summed E-state index contributed by atoms with van der Waals surface area (Å²) in [6.07, 6.45) is 10.5. The molecule has 21 heavy (non-hydrogen) atoms. The monoisotopic (exact) mass is 290 g/mol. The molecule has 0 bridgehead atoms. The summed E-state index contributed by atoms with van der Waals surface area (Å²) >= 11 is 0. The Morgan fingerprint density at radius 3 is 2.62 bits per heavy atom. The van der Waals surface area contributed by atoms with Gasteiger partial charge < -0.3 is 10.4 Å². The number of carbonyl (C=O) groups excluding carboxylic acids is 1. The Kier molecular flexibility index (Phi) is 5.74. The van der Waals surface area contributed by atoms with Crippen molar-refractivity contribution in [2.45, 2.75) is 57.4 Å². The lowest BCUT2D eigenvalue weighted by Gasteiger charge is -2.39. The molecule has 0 saturated heterocycles. The van der Waals surface area contributed by atoms with Crippen molar-refractivity contribution in [1.82, 2.24) is 10.3 Å². The Morgan fingerprint density at radius 1 is 1.33 bits per heavy atom. The van der Waals surface area contributed by atoms with Crippen LogP contribution in [0, 0.1) is 5.92 Å². The number of hydrogen-bond acceptors (Lipinski definition) is 3. The number of aliphatic hydroxyl groups excluding tert-OH is 1. The fourth-order valence-electron chi connectivity index (χ4n) is 3.20. The number of rotatable bonds is 6. The Hall–Kier alpha value is -1.42. The standard InChI is InChI=1S/C17H26N2O2/c1-17(13-20,15-5-3-2-4-6-15)19-16(21)8-7-14-9-11-18-12-10-14/h9-12,15,20H,2-8,13H2,1H3,(H,19,21). The van der Waals surface area contributed by atoms with Crippen molar-refractivity contribution in [2.24, 2.45) is 5.92 Å². The van der Waals surface area contributed by atoms with Gasteiger partial charge in [0.05, 0.1) is 12.1 Å². The second kappa shape index (κ2) is 7.55. The highest BCUT2D eigenvalue weighted by Gasteiger charge is 2.35. The number of nitrogens with one attached hydrogen (secondary N) is 1. The van der Waals surface area contributed by atoms with E-state index in [1.54, 1.807) is 12.4 Å². The molecule has 1 atom stereocenters. The zero-order chi connectivity index (χ0) is 15.1. The van der Waals surface area contributed by atoms with Gasteiger partial charge in [-0.1, -0.05) is 19.3 Å². The average molecular weight is 290 g/mol. The van der Waals surface area contributed by atoms with Gasteiger partial charge in [-0.05, 0) is 49.8 Å². The molecule has 1 aliphatic rings. The van der Waals surface area contributed by atoms with Gasteiger partial charge in [0.2, 0.25) is 5.91 Å². The summed E-state index contributed by atoms with van der Waals surface area (Å²) in [7, 11) is 0. The molecule has 2 N–H and O–H groups in total. The summed E-state index contributed by atoms with van der Waals surface area (Å²) in [5.41, 5.74) is 0.638. The first kappa shape index (κ1) is 16.0. The van der Waals surface area contributed by atoms with E-state index in [1.165, 1.54) is 19.3 Å². The van der Waals surface area contributed by atoms with Crippen LogP contribution in [0.2, 0.25) is 0 Å². The van der Waals surface area contributed by atoms with Crippen molar-refractivity contribution in [3.63, 3.8) is 0 Å². The molecule has 4 heteroatoms. The molecule has 0 aliphatic heterocycles. The van der Waals surface area contributed by atoms with E-state index in [0.29, 0.717) is 18.8 Å². The SMILES string of the molecule is CC(CO)(NC(=O)CCc1ccncc1)C1CCCCC1. The van der Waals surface area contributed by atoms with Crippen molar-refractivity contribution in [2.75, 3.05) is 6.61 Å². The third-order valence-corrected chi connectivity index (χ3v) is 4.65. The topological polar surface area (TPSA) is 62.2 Å². The second-order valence-electron chi connectivity index (χ2n) is 6.31. The van der Waals surface area contributed by atoms with Crippen LogP contribution in [0.3, 0.4) is 0 Å². The molecule has 1 aliphatic carbocycles. The van der Waals surface area contributed by atoms with Crippen LogP contribution in [-0.2, 0) is 11.2 Å². The number of aliphatic hydroxyl groups is 1. The number of aromatic nitrogens is 1. The molecule has 0 spiro atoms. The first-order chi connectivity index (χ1) is 10.1. The summed E-state index contributed by atoms with van der Waals surface area (Å²) in [6.45, 7) is 1.99. The molecule has 1 fully saturated rings. The molecule has 1 amide bonds. The lowest BCUT2D eigenvalue weighted by molar-refractivity contribution is -0.124. The zero-order valence-corrected chi connectivity index (χ0v) is 12.8. The number of pyridine rings is 1. The van der Waals surface area contributed by atoms with Crippen molar-refractivity contribution < 1.29 is 9.90 Å². The first-order valence-corrected chi connectivity index (χ1v) is 7.95. The van der Waals surface area contributed by atoms with E-state index in [0.717, 1.165) is 18.4 Å². The van der Waals surface area contributed by atoms with Gasteiger partial charge in [-0.15, -0.1) is 0 Å². The number of hydrogen-bond donors (Lipinski definition) is 2. The predicted molar refractivity (Wildman–Crippen MR) is 82.8 cm³/mol. The van der Waals surface area contributed by atoms with Gasteiger partial charge >= 0.3 is 0 Å². The minimum Gasteiger partial charge on any atom is -0.394 e. The van der Waals surface area contributed by atoms with Gasteiger partial charge in [0.1, 0.15) is 0 Å². The van der Waals surface area contributed by atoms with Crippen molar-refractivity contribution in [3.05, 3.63) is 30.1 Å². The highest BCUT2D eigenvalue weighted by Crippen LogP contribution is 2.32. The van der Waals surface area contributed by atoms with E-state index in [-0.39, 0.29) is 12.5 Å². The average Bonchev–Trinajstić information content (AvgIpc) is 2.54. The molecule has 2 rings (SSSR count). The zero-order valence-electron chi connectivity index (χ0n) is 12.8. The quantitative estimate of drug-likeness (QED) is 0.846. The minimum atomic E-state index is -0.476. The molecule has 1 heterocycles. The molecule has 1 saturated carbocycles. The van der Waals surface area contributed by atoms with Gasteiger partial charge in [-0.3, -0.25) is 9.78 Å². The summed E-state index contributed by atoms with van der Waals surface area (Å²) in [5.74, 6) is 0.412. The Labute approximate surface area is 127 Å². The van der Waals surface area contributed by atoms with Crippen LogP contribution < -0.4 is 5.32 Å². The van der Waals surface area contributed by atoms with E-state index in [2.05, 4.69) is 10.3 Å². The molecule has 116 valence electrons. The summed E-state index contributed by atoms with van der Waals surface area (Å²) in [5, 5.41) is 12.8. The highest BCUT2D eigenvalue weighted by molar-refractivity contribution is 5.77. The molecule has 1 unspecified atom stereocenters. The van der Waals surface area contributed by atoms with Gasteiger partial charge in [-0.2, -0.15) is 0 Å². The maximum absolute atomic E-state index is 12.2. The van der Waals surface area contributed by atoms with Crippen LogP contribution in [0.25, 0.3) is 0 Å². The molecule has 1 aromatic heterocycles. The smallest absolute Gasteiger partial charge is 0.220 e.